The van der Waals surface area contributed by atoms with Crippen molar-refractivity contribution in [2.45, 2.75) is 18.9 Å². The normalized spacial score (nSPS) is 17.0. The number of amides is 2. The summed E-state index contributed by atoms with van der Waals surface area (Å²) in [7, 11) is 0. The minimum atomic E-state index is -0.250. The molecule has 1 fully saturated rings. The zero-order chi connectivity index (χ0) is 14.7. The maximum Gasteiger partial charge on any atom is 0.243 e. The highest BCUT2D eigenvalue weighted by Gasteiger charge is 2.21. The van der Waals surface area contributed by atoms with Crippen LogP contribution in [0.15, 0.2) is 24.4 Å². The fraction of sp³-hybridized carbons (Fsp3) is 0.357. The van der Waals surface area contributed by atoms with Crippen LogP contribution in [0, 0.1) is 0 Å². The maximum absolute atomic E-state index is 11.8. The average Bonchev–Trinajstić information content (AvgIpc) is 3.15. The van der Waals surface area contributed by atoms with E-state index in [9.17, 15) is 9.59 Å². The first-order valence-electron chi connectivity index (χ1n) is 6.96. The molecule has 0 radical (unpaired) electrons. The number of H-pyrrole nitrogens is 1. The van der Waals surface area contributed by atoms with Gasteiger partial charge in [0.05, 0.1) is 24.3 Å². The van der Waals surface area contributed by atoms with Crippen LogP contribution < -0.4 is 16.0 Å². The molecule has 1 aromatic carbocycles. The molecule has 2 amide bonds. The first-order valence-corrected chi connectivity index (χ1v) is 6.96. The number of fused-ring (bicyclic) bond motifs is 1. The van der Waals surface area contributed by atoms with E-state index in [2.05, 4.69) is 26.1 Å². The highest BCUT2D eigenvalue weighted by atomic mass is 35.5. The second-order valence-corrected chi connectivity index (χ2v) is 5.09. The smallest absolute Gasteiger partial charge is 0.243 e. The Labute approximate surface area is 133 Å². The van der Waals surface area contributed by atoms with Gasteiger partial charge in [-0.2, -0.15) is 5.10 Å². The van der Waals surface area contributed by atoms with Crippen molar-refractivity contribution in [2.75, 3.05) is 18.4 Å². The van der Waals surface area contributed by atoms with Crippen LogP contribution in [0.1, 0.15) is 12.8 Å². The van der Waals surface area contributed by atoms with Crippen LogP contribution in [-0.2, 0) is 9.59 Å². The van der Waals surface area contributed by atoms with Crippen molar-refractivity contribution in [3.63, 3.8) is 0 Å². The van der Waals surface area contributed by atoms with Crippen molar-refractivity contribution in [1.29, 1.82) is 0 Å². The lowest BCUT2D eigenvalue weighted by Gasteiger charge is -2.11. The zero-order valence-electron chi connectivity index (χ0n) is 11.9. The Morgan fingerprint density at radius 3 is 3.00 bits per heavy atom. The second-order valence-electron chi connectivity index (χ2n) is 5.09. The quantitative estimate of drug-likeness (QED) is 0.668. The van der Waals surface area contributed by atoms with Crippen LogP contribution >= 0.6 is 12.4 Å². The molecule has 3 rings (SSSR count). The van der Waals surface area contributed by atoms with Gasteiger partial charge < -0.3 is 16.0 Å². The summed E-state index contributed by atoms with van der Waals surface area (Å²) in [6.45, 7) is 0.826. The molecule has 1 unspecified atom stereocenters. The van der Waals surface area contributed by atoms with E-state index < -0.39 is 0 Å². The van der Waals surface area contributed by atoms with Crippen molar-refractivity contribution in [1.82, 2.24) is 20.8 Å². The molecule has 7 nitrogen and oxygen atoms in total. The molecule has 1 atom stereocenters. The Bertz CT molecular complexity index is 666. The van der Waals surface area contributed by atoms with Crippen molar-refractivity contribution in [3.05, 3.63) is 24.4 Å². The molecule has 0 spiro atoms. The molecule has 2 aromatic rings. The lowest BCUT2D eigenvalue weighted by Crippen LogP contribution is -2.43. The van der Waals surface area contributed by atoms with E-state index in [1.54, 1.807) is 18.3 Å². The van der Waals surface area contributed by atoms with Gasteiger partial charge in [0.15, 0.2) is 0 Å². The van der Waals surface area contributed by atoms with Gasteiger partial charge in [0, 0.05) is 11.1 Å². The number of hydrogen-bond donors (Lipinski definition) is 4. The molecule has 0 bridgehead atoms. The van der Waals surface area contributed by atoms with Crippen molar-refractivity contribution in [2.24, 2.45) is 0 Å². The molecule has 4 N–H and O–H groups in total. The number of halogens is 1. The topological polar surface area (TPSA) is 98.9 Å². The van der Waals surface area contributed by atoms with Crippen LogP contribution in [0.2, 0.25) is 0 Å². The minimum Gasteiger partial charge on any atom is -0.346 e. The predicted molar refractivity (Wildman–Crippen MR) is 86.0 cm³/mol. The van der Waals surface area contributed by atoms with E-state index in [-0.39, 0.29) is 36.8 Å². The van der Waals surface area contributed by atoms with Gasteiger partial charge in [-0.05, 0) is 37.6 Å². The maximum atomic E-state index is 11.8. The Morgan fingerprint density at radius 1 is 1.36 bits per heavy atom. The SMILES string of the molecule is Cl.O=C(CNC(=O)C1CCCN1)Nc1ccc2cn[nH]c2c1. The molecule has 22 heavy (non-hydrogen) atoms. The van der Waals surface area contributed by atoms with Crippen LogP contribution in [0.25, 0.3) is 10.9 Å². The number of carbonyl (C=O) groups is 2. The minimum absolute atomic E-state index is 0. The van der Waals surface area contributed by atoms with Gasteiger partial charge in [-0.25, -0.2) is 0 Å². The molecule has 0 saturated carbocycles. The van der Waals surface area contributed by atoms with Crippen molar-refractivity contribution >= 4 is 40.8 Å². The van der Waals surface area contributed by atoms with Crippen molar-refractivity contribution in [3.8, 4) is 0 Å². The van der Waals surface area contributed by atoms with Crippen LogP contribution in [0.3, 0.4) is 0 Å². The third kappa shape index (κ3) is 3.75. The summed E-state index contributed by atoms with van der Waals surface area (Å²) in [4.78, 5) is 23.6. The fourth-order valence-corrected chi connectivity index (χ4v) is 2.42. The number of anilines is 1. The van der Waals surface area contributed by atoms with E-state index in [1.807, 2.05) is 6.07 Å². The molecule has 1 aliphatic heterocycles. The molecule has 1 aromatic heterocycles. The predicted octanol–water partition coefficient (Wildman–Crippen LogP) is 0.791. The summed E-state index contributed by atoms with van der Waals surface area (Å²) >= 11 is 0. The molecular formula is C14H18ClN5O2. The first-order chi connectivity index (χ1) is 10.2. The molecule has 0 aliphatic carbocycles. The van der Waals surface area contributed by atoms with Gasteiger partial charge in [0.25, 0.3) is 0 Å². The highest BCUT2D eigenvalue weighted by molar-refractivity contribution is 5.96. The van der Waals surface area contributed by atoms with Crippen LogP contribution in [0.4, 0.5) is 5.69 Å². The number of rotatable bonds is 4. The number of carbonyl (C=O) groups excluding carboxylic acids is 2. The van der Waals surface area contributed by atoms with Gasteiger partial charge in [0.1, 0.15) is 0 Å². The van der Waals surface area contributed by atoms with Gasteiger partial charge in [-0.1, -0.05) is 0 Å². The lowest BCUT2D eigenvalue weighted by molar-refractivity contribution is -0.125. The van der Waals surface area contributed by atoms with Gasteiger partial charge in [0.2, 0.25) is 11.8 Å². The summed E-state index contributed by atoms with van der Waals surface area (Å²) in [5, 5.41) is 16.2. The number of hydrogen-bond acceptors (Lipinski definition) is 4. The standard InChI is InChI=1S/C14H17N5O2.ClH/c20-13(8-16-14(21)11-2-1-5-15-11)18-10-4-3-9-7-17-19-12(9)6-10;/h3-4,6-7,11,15H,1-2,5,8H2,(H,16,21)(H,17,19)(H,18,20);1H. The van der Waals surface area contributed by atoms with Gasteiger partial charge in [-0.3, -0.25) is 14.7 Å². The van der Waals surface area contributed by atoms with Gasteiger partial charge >= 0.3 is 0 Å². The van der Waals surface area contributed by atoms with Gasteiger partial charge in [-0.15, -0.1) is 12.4 Å². The lowest BCUT2D eigenvalue weighted by atomic mass is 10.2. The Morgan fingerprint density at radius 2 is 2.23 bits per heavy atom. The Hall–Kier alpha value is -2.12. The molecular weight excluding hydrogens is 306 g/mol. The largest absolute Gasteiger partial charge is 0.346 e. The first kappa shape index (κ1) is 16.3. The molecule has 1 aliphatic rings. The number of nitrogens with zero attached hydrogens (tertiary/aromatic N) is 1. The van der Waals surface area contributed by atoms with E-state index in [1.165, 1.54) is 0 Å². The third-order valence-corrected chi connectivity index (χ3v) is 3.53. The Kier molecular flexibility index (Phi) is 5.35. The summed E-state index contributed by atoms with van der Waals surface area (Å²) < 4.78 is 0. The Balaban J connectivity index is 0.00000176. The number of aromatic amines is 1. The summed E-state index contributed by atoms with van der Waals surface area (Å²) in [6, 6.07) is 5.31. The van der Waals surface area contributed by atoms with Crippen molar-refractivity contribution < 1.29 is 9.59 Å². The summed E-state index contributed by atoms with van der Waals surface area (Å²) in [6.07, 6.45) is 3.54. The van der Waals surface area contributed by atoms with Crippen LogP contribution in [-0.4, -0.2) is 41.1 Å². The number of aromatic nitrogens is 2. The van der Waals surface area contributed by atoms with E-state index >= 15 is 0 Å². The molecule has 2 heterocycles. The fourth-order valence-electron chi connectivity index (χ4n) is 2.42. The van der Waals surface area contributed by atoms with E-state index in [0.29, 0.717) is 5.69 Å². The third-order valence-electron chi connectivity index (χ3n) is 3.53. The van der Waals surface area contributed by atoms with E-state index in [0.717, 1.165) is 30.3 Å². The monoisotopic (exact) mass is 323 g/mol. The van der Waals surface area contributed by atoms with Crippen LogP contribution in [0.5, 0.6) is 0 Å². The average molecular weight is 324 g/mol. The highest BCUT2D eigenvalue weighted by Crippen LogP contribution is 2.16. The summed E-state index contributed by atoms with van der Waals surface area (Å²) in [5.41, 5.74) is 1.52. The summed E-state index contributed by atoms with van der Waals surface area (Å²) in [5.74, 6) is -0.369. The molecule has 118 valence electrons. The second kappa shape index (κ2) is 7.24. The number of nitrogens with one attached hydrogen (secondary N) is 4. The molecule has 8 heteroatoms. The number of benzene rings is 1. The van der Waals surface area contributed by atoms with E-state index in [4.69, 9.17) is 0 Å². The molecule has 1 saturated heterocycles. The zero-order valence-corrected chi connectivity index (χ0v) is 12.7.